The van der Waals surface area contributed by atoms with Crippen molar-refractivity contribution >= 4 is 33.4 Å². The highest BCUT2D eigenvalue weighted by molar-refractivity contribution is 7.89. The molecule has 2 rings (SSSR count). The minimum Gasteiger partial charge on any atom is -0.451 e. The van der Waals surface area contributed by atoms with Crippen molar-refractivity contribution < 1.29 is 27.1 Å². The van der Waals surface area contributed by atoms with E-state index < -0.39 is 44.2 Å². The van der Waals surface area contributed by atoms with Crippen molar-refractivity contribution in [2.75, 3.05) is 0 Å². The number of carbonyl (C=O) groups excluding carboxylic acids is 2. The summed E-state index contributed by atoms with van der Waals surface area (Å²) in [4.78, 5) is 23.8. The molecule has 0 aromatic heterocycles. The molecule has 2 N–H and O–H groups in total. The Kier molecular flexibility index (Phi) is 5.56. The van der Waals surface area contributed by atoms with Gasteiger partial charge in [0.15, 0.2) is 6.10 Å². The van der Waals surface area contributed by atoms with E-state index in [0.29, 0.717) is 5.02 Å². The maximum atomic E-state index is 13.8. The number of Topliss-reactive ketones (excluding diaryl/α,β-unsaturated/α-hetero) is 1. The third kappa shape index (κ3) is 4.62. The summed E-state index contributed by atoms with van der Waals surface area (Å²) < 4.78 is 41.3. The van der Waals surface area contributed by atoms with Gasteiger partial charge in [0.25, 0.3) is 0 Å². The number of rotatable bonds is 5. The Morgan fingerprint density at radius 1 is 1.16 bits per heavy atom. The Labute approximate surface area is 148 Å². The van der Waals surface area contributed by atoms with Crippen molar-refractivity contribution in [2.24, 2.45) is 5.14 Å². The normalized spacial score (nSPS) is 12.5. The van der Waals surface area contributed by atoms with E-state index in [1.54, 1.807) is 0 Å². The van der Waals surface area contributed by atoms with Crippen LogP contribution in [0.25, 0.3) is 0 Å². The van der Waals surface area contributed by atoms with Crippen LogP contribution in [0.1, 0.15) is 27.6 Å². The molecule has 6 nitrogen and oxygen atoms in total. The molecule has 0 heterocycles. The molecule has 0 amide bonds. The van der Waals surface area contributed by atoms with Crippen LogP contribution in [0.5, 0.6) is 0 Å². The van der Waals surface area contributed by atoms with Crippen LogP contribution >= 0.6 is 11.6 Å². The third-order valence-corrected chi connectivity index (χ3v) is 4.43. The average molecular weight is 386 g/mol. The standard InChI is InChI=1S/C16H13ClFNO5S/c1-9(15(20)10-2-4-11(17)5-3-10)24-16(21)13-8-12(25(19,22)23)6-7-14(13)18/h2-9H,1H3,(H2,19,22,23)/t9-/m1/s1. The van der Waals surface area contributed by atoms with Gasteiger partial charge in [-0.2, -0.15) is 0 Å². The second-order valence-electron chi connectivity index (χ2n) is 5.11. The number of ether oxygens (including phenoxy) is 1. The second kappa shape index (κ2) is 7.30. The molecule has 0 unspecified atom stereocenters. The minimum atomic E-state index is -4.12. The maximum Gasteiger partial charge on any atom is 0.341 e. The number of halogens is 2. The van der Waals surface area contributed by atoms with Crippen LogP contribution in [0.2, 0.25) is 5.02 Å². The predicted molar refractivity (Wildman–Crippen MR) is 88.4 cm³/mol. The van der Waals surface area contributed by atoms with E-state index in [1.807, 2.05) is 0 Å². The summed E-state index contributed by atoms with van der Waals surface area (Å²) in [6.07, 6.45) is -1.22. The number of sulfonamides is 1. The zero-order valence-electron chi connectivity index (χ0n) is 12.9. The Morgan fingerprint density at radius 3 is 2.32 bits per heavy atom. The van der Waals surface area contributed by atoms with Crippen LogP contribution in [0, 0.1) is 5.82 Å². The number of hydrogen-bond acceptors (Lipinski definition) is 5. The lowest BCUT2D eigenvalue weighted by Gasteiger charge is -2.13. The topological polar surface area (TPSA) is 104 Å². The Hall–Kier alpha value is -2.29. The molecule has 0 bridgehead atoms. The summed E-state index contributed by atoms with van der Waals surface area (Å²) in [6.45, 7) is 1.32. The van der Waals surface area contributed by atoms with E-state index in [1.165, 1.54) is 31.2 Å². The number of nitrogens with two attached hydrogens (primary N) is 1. The first-order chi connectivity index (χ1) is 11.6. The fourth-order valence-corrected chi connectivity index (χ4v) is 2.63. The highest BCUT2D eigenvalue weighted by Crippen LogP contribution is 2.17. The fraction of sp³-hybridized carbons (Fsp3) is 0.125. The first-order valence-electron chi connectivity index (χ1n) is 6.92. The summed E-state index contributed by atoms with van der Waals surface area (Å²) in [6, 6.07) is 8.36. The van der Waals surface area contributed by atoms with Crippen molar-refractivity contribution in [3.63, 3.8) is 0 Å². The highest BCUT2D eigenvalue weighted by atomic mass is 35.5. The van der Waals surface area contributed by atoms with Gasteiger partial charge in [-0.05, 0) is 49.4 Å². The van der Waals surface area contributed by atoms with Crippen molar-refractivity contribution in [1.29, 1.82) is 0 Å². The Bertz CT molecular complexity index is 928. The van der Waals surface area contributed by atoms with Crippen LogP contribution in [0.15, 0.2) is 47.4 Å². The van der Waals surface area contributed by atoms with Gasteiger partial charge in [-0.15, -0.1) is 0 Å². The van der Waals surface area contributed by atoms with E-state index in [-0.39, 0.29) is 5.56 Å². The van der Waals surface area contributed by atoms with Gasteiger partial charge in [0, 0.05) is 10.6 Å². The number of benzene rings is 2. The lowest BCUT2D eigenvalue weighted by Crippen LogP contribution is -2.25. The van der Waals surface area contributed by atoms with Crippen LogP contribution in [0.3, 0.4) is 0 Å². The number of esters is 1. The first-order valence-corrected chi connectivity index (χ1v) is 8.85. The van der Waals surface area contributed by atoms with E-state index in [9.17, 15) is 22.4 Å². The molecule has 0 spiro atoms. The van der Waals surface area contributed by atoms with E-state index >= 15 is 0 Å². The molecule has 0 fully saturated rings. The fourth-order valence-electron chi connectivity index (χ4n) is 1.96. The molecule has 1 atom stereocenters. The lowest BCUT2D eigenvalue weighted by atomic mass is 10.1. The summed E-state index contributed by atoms with van der Waals surface area (Å²) >= 11 is 5.73. The van der Waals surface area contributed by atoms with Gasteiger partial charge in [-0.1, -0.05) is 11.6 Å². The molecule has 2 aromatic carbocycles. The van der Waals surface area contributed by atoms with Crippen LogP contribution in [-0.4, -0.2) is 26.3 Å². The quantitative estimate of drug-likeness (QED) is 0.629. The number of hydrogen-bond donors (Lipinski definition) is 1. The van der Waals surface area contributed by atoms with E-state index in [0.717, 1.165) is 18.2 Å². The number of primary sulfonamides is 1. The zero-order valence-corrected chi connectivity index (χ0v) is 14.5. The molecule has 132 valence electrons. The summed E-state index contributed by atoms with van der Waals surface area (Å²) in [5.41, 5.74) is -0.384. The Morgan fingerprint density at radius 2 is 1.76 bits per heavy atom. The molecule has 9 heteroatoms. The van der Waals surface area contributed by atoms with E-state index in [4.69, 9.17) is 21.5 Å². The SMILES string of the molecule is C[C@@H](OC(=O)c1cc(S(N)(=O)=O)ccc1F)C(=O)c1ccc(Cl)cc1. The molecular formula is C16H13ClFNO5S. The smallest absolute Gasteiger partial charge is 0.341 e. The van der Waals surface area contributed by atoms with Gasteiger partial charge in [0.2, 0.25) is 15.8 Å². The summed E-state index contributed by atoms with van der Waals surface area (Å²) in [5, 5.41) is 5.38. The van der Waals surface area contributed by atoms with Crippen LogP contribution < -0.4 is 5.14 Å². The first kappa shape index (κ1) is 19.0. The van der Waals surface area contributed by atoms with Gasteiger partial charge >= 0.3 is 5.97 Å². The van der Waals surface area contributed by atoms with E-state index in [2.05, 4.69) is 0 Å². The summed E-state index contributed by atoms with van der Waals surface area (Å²) in [5.74, 6) is -2.70. The maximum absolute atomic E-state index is 13.8. The molecule has 0 aliphatic carbocycles. The molecule has 0 aliphatic heterocycles. The van der Waals surface area contributed by atoms with Crippen LogP contribution in [-0.2, 0) is 14.8 Å². The summed E-state index contributed by atoms with van der Waals surface area (Å²) in [7, 11) is -4.12. The molecule has 0 saturated heterocycles. The predicted octanol–water partition coefficient (Wildman–Crippen LogP) is 2.55. The van der Waals surface area contributed by atoms with Crippen molar-refractivity contribution in [3.8, 4) is 0 Å². The highest BCUT2D eigenvalue weighted by Gasteiger charge is 2.23. The molecule has 25 heavy (non-hydrogen) atoms. The molecule has 0 aliphatic rings. The third-order valence-electron chi connectivity index (χ3n) is 3.27. The average Bonchev–Trinajstić information content (AvgIpc) is 2.54. The second-order valence-corrected chi connectivity index (χ2v) is 7.10. The number of ketones is 1. The van der Waals surface area contributed by atoms with Crippen molar-refractivity contribution in [1.82, 2.24) is 0 Å². The van der Waals surface area contributed by atoms with Crippen molar-refractivity contribution in [2.45, 2.75) is 17.9 Å². The monoisotopic (exact) mass is 385 g/mol. The van der Waals surface area contributed by atoms with Gasteiger partial charge in [-0.25, -0.2) is 22.7 Å². The van der Waals surface area contributed by atoms with Gasteiger partial charge in [-0.3, -0.25) is 4.79 Å². The lowest BCUT2D eigenvalue weighted by molar-refractivity contribution is 0.0314. The van der Waals surface area contributed by atoms with Crippen molar-refractivity contribution in [3.05, 3.63) is 64.4 Å². The van der Waals surface area contributed by atoms with Gasteiger partial charge in [0.05, 0.1) is 10.5 Å². The minimum absolute atomic E-state index is 0.253. The van der Waals surface area contributed by atoms with Gasteiger partial charge < -0.3 is 4.74 Å². The Balaban J connectivity index is 2.21. The number of carbonyl (C=O) groups is 2. The van der Waals surface area contributed by atoms with Crippen LogP contribution in [0.4, 0.5) is 4.39 Å². The zero-order chi connectivity index (χ0) is 18.8. The molecular weight excluding hydrogens is 373 g/mol. The van der Waals surface area contributed by atoms with Gasteiger partial charge in [0.1, 0.15) is 5.82 Å². The molecule has 0 radical (unpaired) electrons. The molecule has 2 aromatic rings. The molecule has 0 saturated carbocycles. The largest absolute Gasteiger partial charge is 0.451 e.